The Kier molecular flexibility index (Phi) is 5.00. The molecule has 1 fully saturated rings. The molecule has 3 rings (SSSR count). The van der Waals surface area contributed by atoms with E-state index >= 15 is 0 Å². The molecule has 0 spiro atoms. The van der Waals surface area contributed by atoms with Gasteiger partial charge in [0.25, 0.3) is 0 Å². The number of hydrogen-bond acceptors (Lipinski definition) is 7. The molecular formula is C17H24N6O. The summed E-state index contributed by atoms with van der Waals surface area (Å²) < 4.78 is 5.17. The van der Waals surface area contributed by atoms with Gasteiger partial charge in [0.2, 0.25) is 5.95 Å². The SMILES string of the molecule is COc1ccc(CNc2cc(N3CCN(C)CC3)nc(N)n2)cc1. The van der Waals surface area contributed by atoms with E-state index in [1.54, 1.807) is 7.11 Å². The Morgan fingerprint density at radius 2 is 1.83 bits per heavy atom. The first-order chi connectivity index (χ1) is 11.6. The standard InChI is InChI=1S/C17H24N6O/c1-22-7-9-23(10-8-22)16-11-15(20-17(18)21-16)19-12-13-3-5-14(24-2)6-4-13/h3-6,11H,7-10,12H2,1-2H3,(H3,18,19,20,21). The van der Waals surface area contributed by atoms with Crippen LogP contribution in [0.25, 0.3) is 0 Å². The zero-order valence-corrected chi connectivity index (χ0v) is 14.2. The number of methoxy groups -OCH3 is 1. The number of likely N-dealkylation sites (N-methyl/N-ethyl adjacent to an activating group) is 1. The molecule has 0 unspecified atom stereocenters. The van der Waals surface area contributed by atoms with Gasteiger partial charge >= 0.3 is 0 Å². The van der Waals surface area contributed by atoms with Crippen LogP contribution in [-0.4, -0.2) is 55.2 Å². The molecule has 7 heteroatoms. The molecule has 2 aromatic rings. The molecule has 128 valence electrons. The van der Waals surface area contributed by atoms with E-state index in [0.29, 0.717) is 12.5 Å². The van der Waals surface area contributed by atoms with Gasteiger partial charge in [-0.1, -0.05) is 12.1 Å². The fourth-order valence-corrected chi connectivity index (χ4v) is 2.68. The summed E-state index contributed by atoms with van der Waals surface area (Å²) in [6.45, 7) is 4.62. The molecule has 24 heavy (non-hydrogen) atoms. The molecule has 0 bridgehead atoms. The Labute approximate surface area is 142 Å². The summed E-state index contributed by atoms with van der Waals surface area (Å²) in [7, 11) is 3.80. The lowest BCUT2D eigenvalue weighted by molar-refractivity contribution is 0.312. The molecule has 0 radical (unpaired) electrons. The first kappa shape index (κ1) is 16.3. The third-order valence-electron chi connectivity index (χ3n) is 4.19. The smallest absolute Gasteiger partial charge is 0.223 e. The van der Waals surface area contributed by atoms with Crippen molar-refractivity contribution in [1.82, 2.24) is 14.9 Å². The van der Waals surface area contributed by atoms with Crippen LogP contribution >= 0.6 is 0 Å². The van der Waals surface area contributed by atoms with Crippen LogP contribution < -0.4 is 20.7 Å². The lowest BCUT2D eigenvalue weighted by Crippen LogP contribution is -2.44. The van der Waals surface area contributed by atoms with Crippen LogP contribution in [-0.2, 0) is 6.54 Å². The van der Waals surface area contributed by atoms with Crippen molar-refractivity contribution >= 4 is 17.6 Å². The minimum atomic E-state index is 0.295. The molecule has 0 atom stereocenters. The molecule has 1 aliphatic heterocycles. The molecule has 0 amide bonds. The van der Waals surface area contributed by atoms with Gasteiger partial charge in [-0.2, -0.15) is 9.97 Å². The minimum Gasteiger partial charge on any atom is -0.497 e. The summed E-state index contributed by atoms with van der Waals surface area (Å²) in [5.41, 5.74) is 7.03. The van der Waals surface area contributed by atoms with Crippen molar-refractivity contribution in [1.29, 1.82) is 0 Å². The molecule has 0 saturated carbocycles. The first-order valence-corrected chi connectivity index (χ1v) is 8.09. The predicted molar refractivity (Wildman–Crippen MR) is 96.5 cm³/mol. The van der Waals surface area contributed by atoms with Gasteiger partial charge in [0.05, 0.1) is 7.11 Å². The second-order valence-corrected chi connectivity index (χ2v) is 5.96. The molecule has 1 aliphatic rings. The second kappa shape index (κ2) is 7.35. The summed E-state index contributed by atoms with van der Waals surface area (Å²) in [4.78, 5) is 13.2. The fraction of sp³-hybridized carbons (Fsp3) is 0.412. The van der Waals surface area contributed by atoms with Crippen molar-refractivity contribution in [2.45, 2.75) is 6.54 Å². The highest BCUT2D eigenvalue weighted by atomic mass is 16.5. The Balaban J connectivity index is 1.66. The van der Waals surface area contributed by atoms with Crippen molar-refractivity contribution in [3.05, 3.63) is 35.9 Å². The van der Waals surface area contributed by atoms with Crippen molar-refractivity contribution < 1.29 is 4.74 Å². The highest BCUT2D eigenvalue weighted by molar-refractivity contribution is 5.53. The van der Waals surface area contributed by atoms with E-state index in [1.165, 1.54) is 0 Å². The Morgan fingerprint density at radius 1 is 1.12 bits per heavy atom. The van der Waals surface area contributed by atoms with Crippen LogP contribution in [0.5, 0.6) is 5.75 Å². The maximum absolute atomic E-state index is 5.88. The number of anilines is 3. The van der Waals surface area contributed by atoms with Crippen LogP contribution in [0.2, 0.25) is 0 Å². The number of ether oxygens (including phenoxy) is 1. The molecule has 7 nitrogen and oxygen atoms in total. The van der Waals surface area contributed by atoms with E-state index in [0.717, 1.165) is 49.1 Å². The maximum Gasteiger partial charge on any atom is 0.223 e. The Morgan fingerprint density at radius 3 is 2.50 bits per heavy atom. The average Bonchev–Trinajstić information content (AvgIpc) is 2.60. The molecule has 1 aromatic carbocycles. The number of nitrogens with zero attached hydrogens (tertiary/aromatic N) is 4. The van der Waals surface area contributed by atoms with Gasteiger partial charge < -0.3 is 25.6 Å². The lowest BCUT2D eigenvalue weighted by Gasteiger charge is -2.33. The third kappa shape index (κ3) is 4.05. The van der Waals surface area contributed by atoms with Crippen LogP contribution in [0.4, 0.5) is 17.6 Å². The minimum absolute atomic E-state index is 0.295. The summed E-state index contributed by atoms with van der Waals surface area (Å²) in [5, 5.41) is 3.32. The number of nitrogens with two attached hydrogens (primary N) is 1. The normalized spacial score (nSPS) is 15.3. The van der Waals surface area contributed by atoms with E-state index in [2.05, 4.69) is 32.1 Å². The number of nitrogen functional groups attached to an aromatic ring is 1. The number of benzene rings is 1. The number of piperazine rings is 1. The van der Waals surface area contributed by atoms with Gasteiger partial charge in [0.1, 0.15) is 17.4 Å². The topological polar surface area (TPSA) is 79.5 Å². The van der Waals surface area contributed by atoms with Crippen LogP contribution in [0.3, 0.4) is 0 Å². The predicted octanol–water partition coefficient (Wildman–Crippen LogP) is 1.43. The van der Waals surface area contributed by atoms with E-state index in [-0.39, 0.29) is 0 Å². The monoisotopic (exact) mass is 328 g/mol. The molecule has 1 aromatic heterocycles. The van der Waals surface area contributed by atoms with Crippen LogP contribution in [0.15, 0.2) is 30.3 Å². The average molecular weight is 328 g/mol. The number of nitrogens with one attached hydrogen (secondary N) is 1. The Bertz CT molecular complexity index is 667. The van der Waals surface area contributed by atoms with Crippen LogP contribution in [0.1, 0.15) is 5.56 Å². The van der Waals surface area contributed by atoms with Gasteiger partial charge in [0.15, 0.2) is 0 Å². The molecule has 2 heterocycles. The summed E-state index contributed by atoms with van der Waals surface area (Å²) >= 11 is 0. The first-order valence-electron chi connectivity index (χ1n) is 8.09. The van der Waals surface area contributed by atoms with Crippen molar-refractivity contribution in [3.8, 4) is 5.75 Å². The zero-order valence-electron chi connectivity index (χ0n) is 14.2. The van der Waals surface area contributed by atoms with Gasteiger partial charge in [-0.3, -0.25) is 0 Å². The summed E-state index contributed by atoms with van der Waals surface area (Å²) in [6.07, 6.45) is 0. The zero-order chi connectivity index (χ0) is 16.9. The maximum atomic E-state index is 5.88. The van der Waals surface area contributed by atoms with Gasteiger partial charge in [0, 0.05) is 38.8 Å². The van der Waals surface area contributed by atoms with E-state index < -0.39 is 0 Å². The molecule has 3 N–H and O–H groups in total. The molecule has 1 saturated heterocycles. The fourth-order valence-electron chi connectivity index (χ4n) is 2.68. The number of hydrogen-bond donors (Lipinski definition) is 2. The van der Waals surface area contributed by atoms with Gasteiger partial charge in [-0.05, 0) is 24.7 Å². The molecule has 0 aliphatic carbocycles. The van der Waals surface area contributed by atoms with Gasteiger partial charge in [-0.15, -0.1) is 0 Å². The van der Waals surface area contributed by atoms with E-state index in [9.17, 15) is 0 Å². The molecular weight excluding hydrogens is 304 g/mol. The van der Waals surface area contributed by atoms with E-state index in [4.69, 9.17) is 10.5 Å². The van der Waals surface area contributed by atoms with Crippen molar-refractivity contribution in [2.24, 2.45) is 0 Å². The number of aromatic nitrogens is 2. The summed E-state index contributed by atoms with van der Waals surface area (Å²) in [6, 6.07) is 9.91. The van der Waals surface area contributed by atoms with Crippen LogP contribution in [0, 0.1) is 0 Å². The lowest BCUT2D eigenvalue weighted by atomic mass is 10.2. The number of rotatable bonds is 5. The highest BCUT2D eigenvalue weighted by Gasteiger charge is 2.16. The largest absolute Gasteiger partial charge is 0.497 e. The Hall–Kier alpha value is -2.54. The second-order valence-electron chi connectivity index (χ2n) is 5.96. The highest BCUT2D eigenvalue weighted by Crippen LogP contribution is 2.19. The van der Waals surface area contributed by atoms with E-state index in [1.807, 2.05) is 30.3 Å². The van der Waals surface area contributed by atoms with Crippen molar-refractivity contribution in [3.63, 3.8) is 0 Å². The third-order valence-corrected chi connectivity index (χ3v) is 4.19. The van der Waals surface area contributed by atoms with Gasteiger partial charge in [-0.25, -0.2) is 0 Å². The quantitative estimate of drug-likeness (QED) is 0.859. The summed E-state index contributed by atoms with van der Waals surface area (Å²) in [5.74, 6) is 2.77. The van der Waals surface area contributed by atoms with Crippen molar-refractivity contribution in [2.75, 3.05) is 56.3 Å².